The second kappa shape index (κ2) is 13.2. The van der Waals surface area contributed by atoms with Crippen molar-refractivity contribution in [1.82, 2.24) is 0 Å². The predicted octanol–water partition coefficient (Wildman–Crippen LogP) is 3.86. The van der Waals surface area contributed by atoms with Gasteiger partial charge in [-0.15, -0.1) is 0 Å². The zero-order valence-corrected chi connectivity index (χ0v) is 18.0. The molecule has 1 fully saturated rings. The van der Waals surface area contributed by atoms with E-state index in [0.717, 1.165) is 32.1 Å². The van der Waals surface area contributed by atoms with Gasteiger partial charge in [0, 0.05) is 12.3 Å². The highest BCUT2D eigenvalue weighted by atomic mass is 16.5. The maximum Gasteiger partial charge on any atom is 0.306 e. The first kappa shape index (κ1) is 24.1. The van der Waals surface area contributed by atoms with Crippen molar-refractivity contribution in [2.24, 2.45) is 5.92 Å². The van der Waals surface area contributed by atoms with Crippen LogP contribution in [0.4, 0.5) is 0 Å². The standard InChI is InChI=1S/C24H34O6/c1-18(2)30-24(27)13-9-4-3-8-12-21-22(26)17-29-23(21)15-14-19(25)16-28-20-10-6-5-7-11-20/h5-7,10-11,14-15,18-19,21,23,25H,3-4,8-9,12-13,16-17H2,1-2H3/b15-14+/t19-,21+,23-/m1/s1. The number of hydrogen-bond acceptors (Lipinski definition) is 6. The molecule has 30 heavy (non-hydrogen) atoms. The topological polar surface area (TPSA) is 82.1 Å². The van der Waals surface area contributed by atoms with Gasteiger partial charge in [-0.25, -0.2) is 0 Å². The molecule has 0 spiro atoms. The van der Waals surface area contributed by atoms with Gasteiger partial charge in [0.25, 0.3) is 0 Å². The number of unbranched alkanes of at least 4 members (excludes halogenated alkanes) is 3. The average molecular weight is 419 g/mol. The van der Waals surface area contributed by atoms with Crippen LogP contribution < -0.4 is 4.74 Å². The van der Waals surface area contributed by atoms with Crippen molar-refractivity contribution < 1.29 is 28.9 Å². The maximum atomic E-state index is 12.1. The summed E-state index contributed by atoms with van der Waals surface area (Å²) in [5.41, 5.74) is 0. The normalized spacial score (nSPS) is 20.1. The monoisotopic (exact) mass is 418 g/mol. The van der Waals surface area contributed by atoms with E-state index < -0.39 is 6.10 Å². The summed E-state index contributed by atoms with van der Waals surface area (Å²) < 4.78 is 16.2. The van der Waals surface area contributed by atoms with E-state index in [2.05, 4.69) is 0 Å². The molecule has 0 amide bonds. The summed E-state index contributed by atoms with van der Waals surface area (Å²) in [6, 6.07) is 9.31. The van der Waals surface area contributed by atoms with Gasteiger partial charge in [0.15, 0.2) is 5.78 Å². The number of carbonyl (C=O) groups is 2. The van der Waals surface area contributed by atoms with Crippen molar-refractivity contribution in [1.29, 1.82) is 0 Å². The molecule has 3 atom stereocenters. The minimum atomic E-state index is -0.768. The van der Waals surface area contributed by atoms with Gasteiger partial charge in [-0.1, -0.05) is 49.6 Å². The SMILES string of the molecule is CC(C)OC(=O)CCCCCC[C@H]1C(=O)CO[C@@H]1/C=C/[C@@H](O)COc1ccccc1. The third kappa shape index (κ3) is 9.09. The van der Waals surface area contributed by atoms with E-state index in [1.54, 1.807) is 12.2 Å². The van der Waals surface area contributed by atoms with Crippen molar-refractivity contribution in [2.45, 2.75) is 70.7 Å². The summed E-state index contributed by atoms with van der Waals surface area (Å²) in [5, 5.41) is 10.1. The van der Waals surface area contributed by atoms with Gasteiger partial charge in [0.1, 0.15) is 25.1 Å². The molecule has 0 unspecified atom stereocenters. The van der Waals surface area contributed by atoms with Gasteiger partial charge in [0.05, 0.1) is 12.2 Å². The van der Waals surface area contributed by atoms with Crippen molar-refractivity contribution in [3.05, 3.63) is 42.5 Å². The highest BCUT2D eigenvalue weighted by molar-refractivity contribution is 5.84. The summed E-state index contributed by atoms with van der Waals surface area (Å²) in [6.45, 7) is 3.96. The van der Waals surface area contributed by atoms with Gasteiger partial charge in [-0.2, -0.15) is 0 Å². The second-order valence-corrected chi connectivity index (χ2v) is 7.92. The molecule has 1 aliphatic heterocycles. The van der Waals surface area contributed by atoms with E-state index in [4.69, 9.17) is 14.2 Å². The van der Waals surface area contributed by atoms with Crippen LogP contribution in [0, 0.1) is 5.92 Å². The molecule has 1 aromatic rings. The lowest BCUT2D eigenvalue weighted by Gasteiger charge is -2.15. The van der Waals surface area contributed by atoms with Crippen LogP contribution in [0.5, 0.6) is 5.75 Å². The molecule has 1 saturated heterocycles. The van der Waals surface area contributed by atoms with Crippen molar-refractivity contribution >= 4 is 11.8 Å². The number of aliphatic hydroxyl groups excluding tert-OH is 1. The molecule has 0 aromatic heterocycles. The van der Waals surface area contributed by atoms with Gasteiger partial charge in [-0.3, -0.25) is 9.59 Å². The number of para-hydroxylation sites is 1. The number of ether oxygens (including phenoxy) is 3. The van der Waals surface area contributed by atoms with E-state index in [1.165, 1.54) is 0 Å². The molecule has 6 heteroatoms. The number of benzene rings is 1. The van der Waals surface area contributed by atoms with Crippen LogP contribution in [0.15, 0.2) is 42.5 Å². The quantitative estimate of drug-likeness (QED) is 0.298. The van der Waals surface area contributed by atoms with Crippen LogP contribution in [0.1, 0.15) is 52.4 Å². The van der Waals surface area contributed by atoms with Gasteiger partial charge in [0.2, 0.25) is 0 Å². The Balaban J connectivity index is 1.65. The Morgan fingerprint density at radius 2 is 1.93 bits per heavy atom. The minimum Gasteiger partial charge on any atom is -0.491 e. The molecular weight excluding hydrogens is 384 g/mol. The smallest absolute Gasteiger partial charge is 0.306 e. The van der Waals surface area contributed by atoms with E-state index in [9.17, 15) is 14.7 Å². The lowest BCUT2D eigenvalue weighted by atomic mass is 9.93. The molecular formula is C24H34O6. The van der Waals surface area contributed by atoms with E-state index in [-0.39, 0.29) is 43.1 Å². The van der Waals surface area contributed by atoms with E-state index >= 15 is 0 Å². The van der Waals surface area contributed by atoms with E-state index in [0.29, 0.717) is 12.2 Å². The molecule has 1 aliphatic rings. The summed E-state index contributed by atoms with van der Waals surface area (Å²) >= 11 is 0. The fourth-order valence-corrected chi connectivity index (χ4v) is 3.40. The first-order chi connectivity index (χ1) is 14.5. The maximum absolute atomic E-state index is 12.1. The van der Waals surface area contributed by atoms with E-state index in [1.807, 2.05) is 44.2 Å². The molecule has 1 heterocycles. The van der Waals surface area contributed by atoms with Gasteiger partial charge < -0.3 is 19.3 Å². The fourth-order valence-electron chi connectivity index (χ4n) is 3.40. The summed E-state index contributed by atoms with van der Waals surface area (Å²) in [5.74, 6) is 0.492. The zero-order valence-electron chi connectivity index (χ0n) is 18.0. The Hall–Kier alpha value is -2.18. The third-order valence-corrected chi connectivity index (χ3v) is 4.93. The molecule has 0 radical (unpaired) electrons. The number of hydrogen-bond donors (Lipinski definition) is 1. The van der Waals surface area contributed by atoms with Crippen molar-refractivity contribution in [3.8, 4) is 5.75 Å². The number of ketones is 1. The number of Topliss-reactive ketones (excluding diaryl/α,β-unsaturated/α-hetero) is 1. The summed E-state index contributed by atoms with van der Waals surface area (Å²) in [6.07, 6.45) is 7.07. The highest BCUT2D eigenvalue weighted by Gasteiger charge is 2.33. The number of aliphatic hydroxyl groups is 1. The first-order valence-electron chi connectivity index (χ1n) is 10.8. The molecule has 1 aromatic carbocycles. The fraction of sp³-hybridized carbons (Fsp3) is 0.583. The highest BCUT2D eigenvalue weighted by Crippen LogP contribution is 2.25. The number of esters is 1. The average Bonchev–Trinajstić information content (AvgIpc) is 3.07. The Morgan fingerprint density at radius 1 is 1.20 bits per heavy atom. The largest absolute Gasteiger partial charge is 0.491 e. The Bertz CT molecular complexity index is 670. The Kier molecular flexibility index (Phi) is 10.6. The minimum absolute atomic E-state index is 0.0701. The lowest BCUT2D eigenvalue weighted by Crippen LogP contribution is -2.20. The number of carbonyl (C=O) groups excluding carboxylic acids is 2. The first-order valence-corrected chi connectivity index (χ1v) is 10.8. The third-order valence-electron chi connectivity index (χ3n) is 4.93. The molecule has 0 saturated carbocycles. The zero-order chi connectivity index (χ0) is 21.8. The van der Waals surface area contributed by atoms with Crippen molar-refractivity contribution in [3.63, 3.8) is 0 Å². The molecule has 166 valence electrons. The van der Waals surface area contributed by atoms with Crippen LogP contribution in [0.25, 0.3) is 0 Å². The van der Waals surface area contributed by atoms with Crippen LogP contribution in [-0.2, 0) is 19.1 Å². The summed E-state index contributed by atoms with van der Waals surface area (Å²) in [7, 11) is 0. The summed E-state index contributed by atoms with van der Waals surface area (Å²) in [4.78, 5) is 23.7. The Labute approximate surface area is 179 Å². The van der Waals surface area contributed by atoms with Crippen molar-refractivity contribution in [2.75, 3.05) is 13.2 Å². The second-order valence-electron chi connectivity index (χ2n) is 7.92. The predicted molar refractivity (Wildman–Crippen MR) is 114 cm³/mol. The molecule has 6 nitrogen and oxygen atoms in total. The molecule has 1 N–H and O–H groups in total. The number of rotatable bonds is 13. The molecule has 0 bridgehead atoms. The Morgan fingerprint density at radius 3 is 2.67 bits per heavy atom. The van der Waals surface area contributed by atoms with Gasteiger partial charge >= 0.3 is 5.97 Å². The van der Waals surface area contributed by atoms with Crippen LogP contribution in [0.2, 0.25) is 0 Å². The molecule has 2 rings (SSSR count). The van der Waals surface area contributed by atoms with Crippen LogP contribution >= 0.6 is 0 Å². The lowest BCUT2D eigenvalue weighted by molar-refractivity contribution is -0.147. The van der Waals surface area contributed by atoms with Crippen LogP contribution in [-0.4, -0.2) is 48.4 Å². The van der Waals surface area contributed by atoms with Crippen LogP contribution in [0.3, 0.4) is 0 Å². The van der Waals surface area contributed by atoms with Gasteiger partial charge in [-0.05, 0) is 38.8 Å². The molecule has 0 aliphatic carbocycles.